The van der Waals surface area contributed by atoms with E-state index in [-0.39, 0.29) is 22.6 Å². The van der Waals surface area contributed by atoms with Crippen molar-refractivity contribution >= 4 is 21.4 Å². The summed E-state index contributed by atoms with van der Waals surface area (Å²) in [6, 6.07) is 14.3. The van der Waals surface area contributed by atoms with E-state index in [9.17, 15) is 13.2 Å². The van der Waals surface area contributed by atoms with Gasteiger partial charge in [0.2, 0.25) is 5.91 Å². The molecular weight excluding hydrogens is 322 g/mol. The van der Waals surface area contributed by atoms with Crippen LogP contribution in [0.15, 0.2) is 53.4 Å². The maximum Gasteiger partial charge on any atom is 0.228 e. The number of hydrogen-bond acceptors (Lipinski definition) is 3. The van der Waals surface area contributed by atoms with Crippen LogP contribution in [0, 0.1) is 0 Å². The number of anilines is 1. The Morgan fingerprint density at radius 1 is 1.00 bits per heavy atom. The Morgan fingerprint density at radius 2 is 1.58 bits per heavy atom. The van der Waals surface area contributed by atoms with Crippen LogP contribution in [-0.2, 0) is 26.5 Å². The first kappa shape index (κ1) is 18.2. The van der Waals surface area contributed by atoms with Crippen molar-refractivity contribution in [2.45, 2.75) is 37.5 Å². The van der Waals surface area contributed by atoms with Gasteiger partial charge in [-0.05, 0) is 34.7 Å². The molecule has 1 amide bonds. The summed E-state index contributed by atoms with van der Waals surface area (Å²) in [4.78, 5) is 12.4. The summed E-state index contributed by atoms with van der Waals surface area (Å²) >= 11 is 0. The van der Waals surface area contributed by atoms with E-state index in [2.05, 4.69) is 26.1 Å². The van der Waals surface area contributed by atoms with Crippen molar-refractivity contribution in [1.82, 2.24) is 0 Å². The van der Waals surface area contributed by atoms with Gasteiger partial charge in [0.05, 0.1) is 11.3 Å². The standard InChI is InChI=1S/C19H23NO3S/c1-19(2,3)15-9-11-16(12-10-15)20-18(21)13-14-7-5-6-8-17(14)24(4,22)23/h5-12H,13H2,1-4H3,(H,20,21). The molecule has 2 aromatic rings. The lowest BCUT2D eigenvalue weighted by molar-refractivity contribution is -0.115. The van der Waals surface area contributed by atoms with Crippen molar-refractivity contribution in [2.75, 3.05) is 11.6 Å². The fraction of sp³-hybridized carbons (Fsp3) is 0.316. The molecule has 128 valence electrons. The van der Waals surface area contributed by atoms with E-state index in [0.29, 0.717) is 11.3 Å². The van der Waals surface area contributed by atoms with E-state index in [1.807, 2.05) is 24.3 Å². The summed E-state index contributed by atoms with van der Waals surface area (Å²) in [5, 5.41) is 2.81. The van der Waals surface area contributed by atoms with Crippen molar-refractivity contribution < 1.29 is 13.2 Å². The van der Waals surface area contributed by atoms with Crippen LogP contribution in [0.1, 0.15) is 31.9 Å². The zero-order valence-electron chi connectivity index (χ0n) is 14.5. The van der Waals surface area contributed by atoms with Crippen LogP contribution in [0.4, 0.5) is 5.69 Å². The Balaban J connectivity index is 2.12. The first-order valence-corrected chi connectivity index (χ1v) is 9.65. The van der Waals surface area contributed by atoms with Crippen LogP contribution in [0.25, 0.3) is 0 Å². The second-order valence-corrected chi connectivity index (χ2v) is 8.92. The number of carbonyl (C=O) groups excluding carboxylic acids is 1. The number of carbonyl (C=O) groups is 1. The maximum absolute atomic E-state index is 12.2. The molecule has 0 aliphatic heterocycles. The molecule has 1 N–H and O–H groups in total. The zero-order valence-corrected chi connectivity index (χ0v) is 15.3. The van der Waals surface area contributed by atoms with Crippen molar-refractivity contribution in [3.8, 4) is 0 Å². The average molecular weight is 345 g/mol. The van der Waals surface area contributed by atoms with Gasteiger partial charge in [-0.15, -0.1) is 0 Å². The molecule has 0 unspecified atom stereocenters. The summed E-state index contributed by atoms with van der Waals surface area (Å²) in [5.41, 5.74) is 2.44. The first-order valence-electron chi connectivity index (χ1n) is 7.76. The molecule has 0 bridgehead atoms. The number of nitrogens with one attached hydrogen (secondary N) is 1. The Hall–Kier alpha value is -2.14. The molecule has 0 atom stereocenters. The van der Waals surface area contributed by atoms with Crippen molar-refractivity contribution in [3.05, 3.63) is 59.7 Å². The zero-order chi connectivity index (χ0) is 18.0. The van der Waals surface area contributed by atoms with Gasteiger partial charge in [0, 0.05) is 11.9 Å². The molecule has 2 aromatic carbocycles. The first-order chi connectivity index (χ1) is 11.1. The maximum atomic E-state index is 12.2. The van der Waals surface area contributed by atoms with E-state index >= 15 is 0 Å². The van der Waals surface area contributed by atoms with Gasteiger partial charge in [0.1, 0.15) is 0 Å². The molecule has 0 spiro atoms. The minimum absolute atomic E-state index is 0.0181. The van der Waals surface area contributed by atoms with Gasteiger partial charge in [-0.2, -0.15) is 0 Å². The average Bonchev–Trinajstić information content (AvgIpc) is 2.46. The van der Waals surface area contributed by atoms with E-state index in [1.54, 1.807) is 18.2 Å². The fourth-order valence-electron chi connectivity index (χ4n) is 2.44. The highest BCUT2D eigenvalue weighted by atomic mass is 32.2. The molecule has 4 nitrogen and oxygen atoms in total. The van der Waals surface area contributed by atoms with E-state index in [4.69, 9.17) is 0 Å². The lowest BCUT2D eigenvalue weighted by atomic mass is 9.87. The third-order valence-electron chi connectivity index (χ3n) is 3.76. The van der Waals surface area contributed by atoms with Gasteiger partial charge in [-0.25, -0.2) is 8.42 Å². The van der Waals surface area contributed by atoms with Crippen molar-refractivity contribution in [2.24, 2.45) is 0 Å². The minimum Gasteiger partial charge on any atom is -0.326 e. The summed E-state index contributed by atoms with van der Waals surface area (Å²) < 4.78 is 23.6. The smallest absolute Gasteiger partial charge is 0.228 e. The van der Waals surface area contributed by atoms with Gasteiger partial charge >= 0.3 is 0 Å². The fourth-order valence-corrected chi connectivity index (χ4v) is 3.39. The molecule has 24 heavy (non-hydrogen) atoms. The third-order valence-corrected chi connectivity index (χ3v) is 4.95. The Kier molecular flexibility index (Phi) is 5.13. The molecule has 0 radical (unpaired) electrons. The summed E-state index contributed by atoms with van der Waals surface area (Å²) in [5.74, 6) is -0.241. The molecular formula is C19H23NO3S. The van der Waals surface area contributed by atoms with Gasteiger partial charge in [0.15, 0.2) is 9.84 Å². The normalized spacial score (nSPS) is 12.0. The molecule has 0 aliphatic carbocycles. The Labute approximate surface area is 143 Å². The molecule has 0 saturated heterocycles. The van der Waals surface area contributed by atoms with Crippen LogP contribution < -0.4 is 5.32 Å². The number of rotatable bonds is 4. The van der Waals surface area contributed by atoms with E-state index < -0.39 is 9.84 Å². The van der Waals surface area contributed by atoms with E-state index in [0.717, 1.165) is 6.26 Å². The number of sulfone groups is 1. The lowest BCUT2D eigenvalue weighted by Crippen LogP contribution is -2.16. The highest BCUT2D eigenvalue weighted by Gasteiger charge is 2.16. The van der Waals surface area contributed by atoms with Crippen LogP contribution in [0.3, 0.4) is 0 Å². The summed E-state index contributed by atoms with van der Waals surface area (Å²) in [6.07, 6.45) is 1.17. The SMILES string of the molecule is CC(C)(C)c1ccc(NC(=O)Cc2ccccc2S(C)(=O)=O)cc1. The van der Waals surface area contributed by atoms with Crippen LogP contribution in [0.5, 0.6) is 0 Å². The van der Waals surface area contributed by atoms with Crippen LogP contribution in [-0.4, -0.2) is 20.6 Å². The highest BCUT2D eigenvalue weighted by molar-refractivity contribution is 7.90. The molecule has 0 aromatic heterocycles. The summed E-state index contributed by atoms with van der Waals surface area (Å²) in [6.45, 7) is 6.38. The van der Waals surface area contributed by atoms with Crippen LogP contribution >= 0.6 is 0 Å². The van der Waals surface area contributed by atoms with Crippen LogP contribution in [0.2, 0.25) is 0 Å². The highest BCUT2D eigenvalue weighted by Crippen LogP contribution is 2.23. The number of hydrogen-bond donors (Lipinski definition) is 1. The Bertz CT molecular complexity index is 832. The van der Waals surface area contributed by atoms with Gasteiger partial charge in [-0.3, -0.25) is 4.79 Å². The van der Waals surface area contributed by atoms with Gasteiger partial charge in [-0.1, -0.05) is 51.1 Å². The summed E-state index contributed by atoms with van der Waals surface area (Å²) in [7, 11) is -3.35. The molecule has 5 heteroatoms. The number of amides is 1. The largest absolute Gasteiger partial charge is 0.326 e. The molecule has 0 saturated carbocycles. The second-order valence-electron chi connectivity index (χ2n) is 6.93. The third kappa shape index (κ3) is 4.68. The predicted molar refractivity (Wildman–Crippen MR) is 97.0 cm³/mol. The number of benzene rings is 2. The quantitative estimate of drug-likeness (QED) is 0.921. The van der Waals surface area contributed by atoms with Crippen molar-refractivity contribution in [3.63, 3.8) is 0 Å². The Morgan fingerprint density at radius 3 is 2.12 bits per heavy atom. The monoisotopic (exact) mass is 345 g/mol. The molecule has 0 aliphatic rings. The second kappa shape index (κ2) is 6.77. The topological polar surface area (TPSA) is 63.2 Å². The molecule has 0 heterocycles. The van der Waals surface area contributed by atoms with E-state index in [1.165, 1.54) is 11.6 Å². The van der Waals surface area contributed by atoms with Gasteiger partial charge < -0.3 is 5.32 Å². The predicted octanol–water partition coefficient (Wildman–Crippen LogP) is 3.57. The lowest BCUT2D eigenvalue weighted by Gasteiger charge is -2.19. The molecule has 0 fully saturated rings. The minimum atomic E-state index is -3.35. The van der Waals surface area contributed by atoms with Crippen molar-refractivity contribution in [1.29, 1.82) is 0 Å². The molecule has 2 rings (SSSR count). The van der Waals surface area contributed by atoms with Gasteiger partial charge in [0.25, 0.3) is 0 Å².